The summed E-state index contributed by atoms with van der Waals surface area (Å²) in [5.74, 6) is 0.542. The molecule has 1 aliphatic rings. The number of hydrogen-bond donors (Lipinski definition) is 0. The Balaban J connectivity index is 2.79. The zero-order chi connectivity index (χ0) is 9.84. The lowest BCUT2D eigenvalue weighted by Gasteiger charge is -2.29. The summed E-state index contributed by atoms with van der Waals surface area (Å²) in [4.78, 5) is 0. The molecule has 0 aromatic heterocycles. The topological polar surface area (TPSA) is 9.23 Å². The first-order chi connectivity index (χ1) is 6.20. The molecule has 13 heavy (non-hydrogen) atoms. The van der Waals surface area contributed by atoms with Gasteiger partial charge < -0.3 is 4.74 Å². The first-order valence-corrected chi connectivity index (χ1v) is 5.19. The lowest BCUT2D eigenvalue weighted by atomic mass is 9.85. The third kappa shape index (κ3) is 2.22. The highest BCUT2D eigenvalue weighted by molar-refractivity contribution is 5.29. The van der Waals surface area contributed by atoms with E-state index < -0.39 is 0 Å². The molecular formula is C12H20O. The summed E-state index contributed by atoms with van der Waals surface area (Å²) < 4.78 is 5.76. The Labute approximate surface area is 81.5 Å². The molecule has 0 saturated carbocycles. The molecule has 0 amide bonds. The minimum absolute atomic E-state index is 0.319. The monoisotopic (exact) mass is 180 g/mol. The Morgan fingerprint density at radius 2 is 2.00 bits per heavy atom. The maximum absolute atomic E-state index is 5.76. The van der Waals surface area contributed by atoms with Gasteiger partial charge in [-0.3, -0.25) is 0 Å². The molecule has 1 heteroatoms. The summed E-state index contributed by atoms with van der Waals surface area (Å²) in [5, 5.41) is 0. The predicted molar refractivity (Wildman–Crippen MR) is 56.7 cm³/mol. The third-order valence-corrected chi connectivity index (χ3v) is 2.85. The van der Waals surface area contributed by atoms with Crippen molar-refractivity contribution >= 4 is 0 Å². The van der Waals surface area contributed by atoms with Gasteiger partial charge in [-0.25, -0.2) is 0 Å². The molecule has 74 valence electrons. The van der Waals surface area contributed by atoms with Crippen LogP contribution in [0.3, 0.4) is 0 Å². The number of hydrogen-bond acceptors (Lipinski definition) is 1. The molecule has 0 heterocycles. The maximum atomic E-state index is 5.76. The van der Waals surface area contributed by atoms with Crippen LogP contribution in [0.15, 0.2) is 23.3 Å². The van der Waals surface area contributed by atoms with Gasteiger partial charge in [0.05, 0.1) is 6.10 Å². The van der Waals surface area contributed by atoms with Crippen LogP contribution in [0.2, 0.25) is 0 Å². The molecule has 0 radical (unpaired) electrons. The highest BCUT2D eigenvalue weighted by Gasteiger charge is 2.24. The Kier molecular flexibility index (Phi) is 3.73. The van der Waals surface area contributed by atoms with Crippen molar-refractivity contribution in [2.75, 3.05) is 6.61 Å². The van der Waals surface area contributed by atoms with Gasteiger partial charge in [0.2, 0.25) is 0 Å². The Morgan fingerprint density at radius 3 is 2.54 bits per heavy atom. The summed E-state index contributed by atoms with van der Waals surface area (Å²) in [6, 6.07) is 0. The van der Waals surface area contributed by atoms with Crippen LogP contribution < -0.4 is 0 Å². The summed E-state index contributed by atoms with van der Waals surface area (Å²) >= 11 is 0. The first kappa shape index (κ1) is 10.5. The molecule has 0 aromatic rings. The smallest absolute Gasteiger partial charge is 0.0850 e. The highest BCUT2D eigenvalue weighted by atomic mass is 16.5. The van der Waals surface area contributed by atoms with E-state index in [-0.39, 0.29) is 0 Å². The molecule has 0 bridgehead atoms. The standard InChI is InChI=1S/C12H20O/c1-5-11-8-7-9(3)10(4)12(11)13-6-2/h7-8,10,12H,5-6H2,1-4H3. The van der Waals surface area contributed by atoms with Crippen molar-refractivity contribution in [3.63, 3.8) is 0 Å². The van der Waals surface area contributed by atoms with Gasteiger partial charge >= 0.3 is 0 Å². The first-order valence-electron chi connectivity index (χ1n) is 5.19. The van der Waals surface area contributed by atoms with Gasteiger partial charge in [-0.2, -0.15) is 0 Å². The molecule has 0 spiro atoms. The Hall–Kier alpha value is -0.560. The van der Waals surface area contributed by atoms with Crippen molar-refractivity contribution in [1.82, 2.24) is 0 Å². The van der Waals surface area contributed by atoms with E-state index in [4.69, 9.17) is 4.74 Å². The summed E-state index contributed by atoms with van der Waals surface area (Å²) in [6.07, 6.45) is 5.85. The largest absolute Gasteiger partial charge is 0.374 e. The average Bonchev–Trinajstić information content (AvgIpc) is 2.14. The number of allylic oxidation sites excluding steroid dienone is 2. The molecular weight excluding hydrogens is 160 g/mol. The van der Waals surface area contributed by atoms with E-state index in [9.17, 15) is 0 Å². The molecule has 2 atom stereocenters. The van der Waals surface area contributed by atoms with Crippen LogP contribution >= 0.6 is 0 Å². The van der Waals surface area contributed by atoms with Crippen molar-refractivity contribution in [1.29, 1.82) is 0 Å². The second kappa shape index (κ2) is 4.61. The van der Waals surface area contributed by atoms with Crippen LogP contribution in [0.1, 0.15) is 34.1 Å². The zero-order valence-corrected chi connectivity index (χ0v) is 9.13. The normalized spacial score (nSPS) is 28.3. The van der Waals surface area contributed by atoms with Gasteiger partial charge in [0, 0.05) is 12.5 Å². The van der Waals surface area contributed by atoms with Gasteiger partial charge in [0.15, 0.2) is 0 Å². The van der Waals surface area contributed by atoms with Crippen molar-refractivity contribution in [3.05, 3.63) is 23.3 Å². The van der Waals surface area contributed by atoms with E-state index in [0.717, 1.165) is 13.0 Å². The third-order valence-electron chi connectivity index (χ3n) is 2.85. The molecule has 0 saturated heterocycles. The fourth-order valence-corrected chi connectivity index (χ4v) is 1.79. The van der Waals surface area contributed by atoms with E-state index in [1.165, 1.54) is 11.1 Å². The molecule has 0 fully saturated rings. The van der Waals surface area contributed by atoms with Crippen molar-refractivity contribution in [2.45, 2.75) is 40.2 Å². The van der Waals surface area contributed by atoms with E-state index in [1.807, 2.05) is 0 Å². The predicted octanol–water partition coefficient (Wildman–Crippen LogP) is 3.32. The van der Waals surface area contributed by atoms with Gasteiger partial charge in [-0.1, -0.05) is 31.6 Å². The number of ether oxygens (including phenoxy) is 1. The fourth-order valence-electron chi connectivity index (χ4n) is 1.79. The second-order valence-electron chi connectivity index (χ2n) is 3.67. The highest BCUT2D eigenvalue weighted by Crippen LogP contribution is 2.29. The lowest BCUT2D eigenvalue weighted by Crippen LogP contribution is -2.27. The maximum Gasteiger partial charge on any atom is 0.0850 e. The van der Waals surface area contributed by atoms with E-state index in [1.54, 1.807) is 0 Å². The van der Waals surface area contributed by atoms with Gasteiger partial charge in [-0.15, -0.1) is 0 Å². The van der Waals surface area contributed by atoms with Gasteiger partial charge in [-0.05, 0) is 25.8 Å². The fraction of sp³-hybridized carbons (Fsp3) is 0.667. The number of rotatable bonds is 3. The van der Waals surface area contributed by atoms with Crippen LogP contribution in [-0.2, 0) is 4.74 Å². The van der Waals surface area contributed by atoms with Crippen LogP contribution in [-0.4, -0.2) is 12.7 Å². The molecule has 0 N–H and O–H groups in total. The van der Waals surface area contributed by atoms with E-state index in [2.05, 4.69) is 39.8 Å². The molecule has 1 nitrogen and oxygen atoms in total. The summed E-state index contributed by atoms with van der Waals surface area (Å²) in [7, 11) is 0. The van der Waals surface area contributed by atoms with Crippen molar-refractivity contribution < 1.29 is 4.74 Å². The van der Waals surface area contributed by atoms with Crippen LogP contribution in [0, 0.1) is 5.92 Å². The summed E-state index contributed by atoms with van der Waals surface area (Å²) in [5.41, 5.74) is 2.86. The average molecular weight is 180 g/mol. The van der Waals surface area contributed by atoms with E-state index >= 15 is 0 Å². The van der Waals surface area contributed by atoms with Gasteiger partial charge in [0.1, 0.15) is 0 Å². The van der Waals surface area contributed by atoms with Crippen LogP contribution in [0.4, 0.5) is 0 Å². The van der Waals surface area contributed by atoms with Gasteiger partial charge in [0.25, 0.3) is 0 Å². The Morgan fingerprint density at radius 1 is 1.31 bits per heavy atom. The molecule has 0 aliphatic heterocycles. The SMILES string of the molecule is CCOC1C(CC)=CC=C(C)C1C. The van der Waals surface area contributed by atoms with E-state index in [0.29, 0.717) is 12.0 Å². The second-order valence-corrected chi connectivity index (χ2v) is 3.67. The molecule has 1 rings (SSSR count). The quantitative estimate of drug-likeness (QED) is 0.647. The lowest BCUT2D eigenvalue weighted by molar-refractivity contribution is 0.0581. The zero-order valence-electron chi connectivity index (χ0n) is 9.13. The van der Waals surface area contributed by atoms with Crippen LogP contribution in [0.25, 0.3) is 0 Å². The van der Waals surface area contributed by atoms with Crippen molar-refractivity contribution in [2.24, 2.45) is 5.92 Å². The molecule has 1 aliphatic carbocycles. The van der Waals surface area contributed by atoms with Crippen molar-refractivity contribution in [3.8, 4) is 0 Å². The summed E-state index contributed by atoms with van der Waals surface area (Å²) in [6.45, 7) is 9.49. The Bertz CT molecular complexity index is 225. The molecule has 0 aromatic carbocycles. The molecule has 2 unspecified atom stereocenters. The van der Waals surface area contributed by atoms with Crippen LogP contribution in [0.5, 0.6) is 0 Å². The minimum Gasteiger partial charge on any atom is -0.374 e. The minimum atomic E-state index is 0.319.